The van der Waals surface area contributed by atoms with Gasteiger partial charge in [-0.05, 0) is 39.8 Å². The summed E-state index contributed by atoms with van der Waals surface area (Å²) >= 11 is 0. The molecule has 19 heavy (non-hydrogen) atoms. The molecule has 0 spiro atoms. The van der Waals surface area contributed by atoms with E-state index in [1.807, 2.05) is 6.92 Å². The maximum absolute atomic E-state index is 11.5. The summed E-state index contributed by atoms with van der Waals surface area (Å²) in [4.78, 5) is 11.5. The van der Waals surface area contributed by atoms with E-state index in [1.54, 1.807) is 36.7 Å². The molecule has 0 saturated carbocycles. The number of carbonyl (C=O) groups excluding carboxylic acids is 1. The summed E-state index contributed by atoms with van der Waals surface area (Å²) in [6, 6.07) is 3.60. The van der Waals surface area contributed by atoms with E-state index in [2.05, 4.69) is 5.10 Å². The van der Waals surface area contributed by atoms with E-state index in [9.17, 15) is 9.90 Å². The maximum Gasteiger partial charge on any atom is 0.163 e. The van der Waals surface area contributed by atoms with Crippen molar-refractivity contribution in [3.05, 3.63) is 29.6 Å². The highest BCUT2D eigenvalue weighted by atomic mass is 16.5. The number of nitrogens with zero attached hydrogens (tertiary/aromatic N) is 2. The highest BCUT2D eigenvalue weighted by molar-refractivity contribution is 6.00. The number of aliphatic hydroxyl groups is 1. The van der Waals surface area contributed by atoms with Crippen LogP contribution in [0.2, 0.25) is 0 Å². The SMILES string of the molecule is CC(=O)c1cnn2c(C)c(OCC(C)(C)O)ccc12. The lowest BCUT2D eigenvalue weighted by molar-refractivity contribution is 0.0280. The first-order valence-electron chi connectivity index (χ1n) is 6.13. The van der Waals surface area contributed by atoms with Gasteiger partial charge in [0.1, 0.15) is 12.4 Å². The molecule has 0 radical (unpaired) electrons. The number of Topliss-reactive ketones (excluding diaryl/α,β-unsaturated/α-hetero) is 1. The minimum absolute atomic E-state index is 0.0143. The third-order valence-electron chi connectivity index (χ3n) is 2.83. The van der Waals surface area contributed by atoms with Crippen LogP contribution in [0, 0.1) is 6.92 Å². The normalized spacial score (nSPS) is 11.8. The van der Waals surface area contributed by atoms with Crippen molar-refractivity contribution in [3.63, 3.8) is 0 Å². The standard InChI is InChI=1S/C14H18N2O3/c1-9-13(19-8-14(3,4)18)6-5-12-11(10(2)17)7-15-16(9)12/h5-7,18H,8H2,1-4H3. The molecule has 2 rings (SSSR count). The molecular formula is C14H18N2O3. The van der Waals surface area contributed by atoms with Gasteiger partial charge in [-0.3, -0.25) is 4.79 Å². The van der Waals surface area contributed by atoms with Crippen molar-refractivity contribution in [2.24, 2.45) is 0 Å². The summed E-state index contributed by atoms with van der Waals surface area (Å²) in [7, 11) is 0. The molecule has 0 aromatic carbocycles. The van der Waals surface area contributed by atoms with Crippen molar-refractivity contribution in [3.8, 4) is 5.75 Å². The largest absolute Gasteiger partial charge is 0.489 e. The second-order valence-corrected chi connectivity index (χ2v) is 5.30. The van der Waals surface area contributed by atoms with Crippen molar-refractivity contribution >= 4 is 11.3 Å². The van der Waals surface area contributed by atoms with Crippen LogP contribution in [0.1, 0.15) is 36.8 Å². The first-order chi connectivity index (χ1) is 8.79. The van der Waals surface area contributed by atoms with Gasteiger partial charge in [0, 0.05) is 0 Å². The number of fused-ring (bicyclic) bond motifs is 1. The van der Waals surface area contributed by atoms with Gasteiger partial charge in [-0.15, -0.1) is 0 Å². The number of ether oxygens (including phenoxy) is 1. The van der Waals surface area contributed by atoms with Crippen molar-refractivity contribution in [1.82, 2.24) is 9.61 Å². The minimum Gasteiger partial charge on any atom is -0.489 e. The molecule has 5 nitrogen and oxygen atoms in total. The Balaban J connectivity index is 2.39. The van der Waals surface area contributed by atoms with Gasteiger partial charge in [0.05, 0.1) is 28.6 Å². The third-order valence-corrected chi connectivity index (χ3v) is 2.83. The summed E-state index contributed by atoms with van der Waals surface area (Å²) in [5, 5.41) is 13.9. The number of carbonyl (C=O) groups is 1. The summed E-state index contributed by atoms with van der Waals surface area (Å²) in [6.07, 6.45) is 1.56. The topological polar surface area (TPSA) is 63.8 Å². The predicted molar refractivity (Wildman–Crippen MR) is 71.7 cm³/mol. The molecule has 2 aromatic heterocycles. The fourth-order valence-corrected chi connectivity index (χ4v) is 1.84. The fourth-order valence-electron chi connectivity index (χ4n) is 1.84. The van der Waals surface area contributed by atoms with Crippen LogP contribution >= 0.6 is 0 Å². The zero-order valence-electron chi connectivity index (χ0n) is 11.6. The molecule has 2 heterocycles. The van der Waals surface area contributed by atoms with E-state index in [0.29, 0.717) is 11.3 Å². The van der Waals surface area contributed by atoms with E-state index in [0.717, 1.165) is 11.2 Å². The molecule has 0 amide bonds. The van der Waals surface area contributed by atoms with E-state index < -0.39 is 5.60 Å². The molecule has 0 saturated heterocycles. The smallest absolute Gasteiger partial charge is 0.163 e. The van der Waals surface area contributed by atoms with Gasteiger partial charge in [0.15, 0.2) is 5.78 Å². The van der Waals surface area contributed by atoms with E-state index in [1.165, 1.54) is 6.92 Å². The van der Waals surface area contributed by atoms with Crippen LogP contribution in [0.25, 0.3) is 5.52 Å². The lowest BCUT2D eigenvalue weighted by Gasteiger charge is -2.19. The van der Waals surface area contributed by atoms with Crippen molar-refractivity contribution < 1.29 is 14.6 Å². The van der Waals surface area contributed by atoms with Crippen molar-refractivity contribution in [1.29, 1.82) is 0 Å². The quantitative estimate of drug-likeness (QED) is 0.856. The Kier molecular flexibility index (Phi) is 3.32. The fraction of sp³-hybridized carbons (Fsp3) is 0.429. The summed E-state index contributed by atoms with van der Waals surface area (Å²) in [6.45, 7) is 6.94. The molecule has 5 heteroatoms. The van der Waals surface area contributed by atoms with Crippen LogP contribution in [-0.4, -0.2) is 32.7 Å². The molecule has 2 aromatic rings. The molecule has 0 aliphatic rings. The summed E-state index contributed by atoms with van der Waals surface area (Å²) < 4.78 is 7.26. The molecular weight excluding hydrogens is 244 g/mol. The van der Waals surface area contributed by atoms with Gasteiger partial charge in [0.25, 0.3) is 0 Å². The molecule has 0 unspecified atom stereocenters. The molecule has 0 aliphatic heterocycles. The Labute approximate surface area is 111 Å². The number of rotatable bonds is 4. The van der Waals surface area contributed by atoms with Gasteiger partial charge >= 0.3 is 0 Å². The first-order valence-corrected chi connectivity index (χ1v) is 6.13. The summed E-state index contributed by atoms with van der Waals surface area (Å²) in [5.41, 5.74) is 1.27. The van der Waals surface area contributed by atoms with Crippen LogP contribution in [0.5, 0.6) is 5.75 Å². The van der Waals surface area contributed by atoms with Crippen LogP contribution in [0.15, 0.2) is 18.3 Å². The molecule has 0 bridgehead atoms. The van der Waals surface area contributed by atoms with Crippen LogP contribution in [-0.2, 0) is 0 Å². The Morgan fingerprint density at radius 2 is 2.16 bits per heavy atom. The first kappa shape index (κ1) is 13.5. The third kappa shape index (κ3) is 2.76. The molecule has 102 valence electrons. The number of pyridine rings is 1. The lowest BCUT2D eigenvalue weighted by Crippen LogP contribution is -2.28. The van der Waals surface area contributed by atoms with Gasteiger partial charge in [-0.1, -0.05) is 0 Å². The number of aromatic nitrogens is 2. The van der Waals surface area contributed by atoms with Crippen LogP contribution < -0.4 is 4.74 Å². The summed E-state index contributed by atoms with van der Waals surface area (Å²) in [5.74, 6) is 0.632. The van der Waals surface area contributed by atoms with Crippen molar-refractivity contribution in [2.75, 3.05) is 6.61 Å². The lowest BCUT2D eigenvalue weighted by atomic mass is 10.1. The van der Waals surface area contributed by atoms with Crippen LogP contribution in [0.4, 0.5) is 0 Å². The Bertz CT molecular complexity index is 623. The molecule has 0 atom stereocenters. The van der Waals surface area contributed by atoms with E-state index in [-0.39, 0.29) is 12.4 Å². The average molecular weight is 262 g/mol. The van der Waals surface area contributed by atoms with Gasteiger partial charge in [-0.25, -0.2) is 4.52 Å². The van der Waals surface area contributed by atoms with Crippen molar-refractivity contribution in [2.45, 2.75) is 33.3 Å². The van der Waals surface area contributed by atoms with E-state index in [4.69, 9.17) is 4.74 Å². The average Bonchev–Trinajstić information content (AvgIpc) is 2.71. The Morgan fingerprint density at radius 1 is 1.47 bits per heavy atom. The maximum atomic E-state index is 11.5. The highest BCUT2D eigenvalue weighted by Crippen LogP contribution is 2.22. The molecule has 0 fully saturated rings. The number of aryl methyl sites for hydroxylation is 1. The minimum atomic E-state index is -0.893. The van der Waals surface area contributed by atoms with E-state index >= 15 is 0 Å². The Morgan fingerprint density at radius 3 is 2.74 bits per heavy atom. The number of hydrogen-bond acceptors (Lipinski definition) is 4. The number of hydrogen-bond donors (Lipinski definition) is 1. The second-order valence-electron chi connectivity index (χ2n) is 5.30. The monoisotopic (exact) mass is 262 g/mol. The zero-order chi connectivity index (χ0) is 14.2. The molecule has 1 N–H and O–H groups in total. The Hall–Kier alpha value is -1.88. The van der Waals surface area contributed by atoms with Crippen LogP contribution in [0.3, 0.4) is 0 Å². The van der Waals surface area contributed by atoms with Gasteiger partial charge < -0.3 is 9.84 Å². The highest BCUT2D eigenvalue weighted by Gasteiger charge is 2.16. The number of ketones is 1. The predicted octanol–water partition coefficient (Wildman–Crippen LogP) is 2.00. The zero-order valence-corrected chi connectivity index (χ0v) is 11.6. The van der Waals surface area contributed by atoms with Gasteiger partial charge in [0.2, 0.25) is 0 Å². The van der Waals surface area contributed by atoms with Gasteiger partial charge in [-0.2, -0.15) is 5.10 Å². The molecule has 0 aliphatic carbocycles. The second kappa shape index (κ2) is 4.66.